The number of hydrogen-bond donors (Lipinski definition) is 1. The van der Waals surface area contributed by atoms with E-state index in [4.69, 9.17) is 15.2 Å². The van der Waals surface area contributed by atoms with E-state index in [9.17, 15) is 8.78 Å². The van der Waals surface area contributed by atoms with Crippen molar-refractivity contribution in [3.8, 4) is 11.5 Å². The SMILES string of the molecule is COc1ccc(C(N)c2c(F)cccc2OC)c(F)c1. The van der Waals surface area contributed by atoms with E-state index < -0.39 is 17.7 Å². The zero-order valence-corrected chi connectivity index (χ0v) is 11.2. The van der Waals surface area contributed by atoms with Crippen LogP contribution in [-0.4, -0.2) is 14.2 Å². The minimum Gasteiger partial charge on any atom is -0.497 e. The topological polar surface area (TPSA) is 44.5 Å². The largest absolute Gasteiger partial charge is 0.497 e. The summed E-state index contributed by atoms with van der Waals surface area (Å²) in [6, 6.07) is 7.66. The Morgan fingerprint density at radius 2 is 1.75 bits per heavy atom. The first-order valence-corrected chi connectivity index (χ1v) is 6.00. The van der Waals surface area contributed by atoms with E-state index in [1.807, 2.05) is 0 Å². The van der Waals surface area contributed by atoms with Crippen molar-refractivity contribution in [2.24, 2.45) is 5.73 Å². The molecule has 2 rings (SSSR count). The van der Waals surface area contributed by atoms with Gasteiger partial charge in [0, 0.05) is 11.6 Å². The van der Waals surface area contributed by atoms with E-state index in [2.05, 4.69) is 0 Å². The van der Waals surface area contributed by atoms with E-state index in [0.717, 1.165) is 0 Å². The Morgan fingerprint density at radius 1 is 1.00 bits per heavy atom. The van der Waals surface area contributed by atoms with Crippen LogP contribution in [0.2, 0.25) is 0 Å². The molecule has 106 valence electrons. The first-order chi connectivity index (χ1) is 9.58. The molecule has 1 unspecified atom stereocenters. The van der Waals surface area contributed by atoms with Crippen LogP contribution in [0, 0.1) is 11.6 Å². The van der Waals surface area contributed by atoms with Crippen LogP contribution in [0.15, 0.2) is 36.4 Å². The van der Waals surface area contributed by atoms with Crippen molar-refractivity contribution in [1.29, 1.82) is 0 Å². The lowest BCUT2D eigenvalue weighted by Crippen LogP contribution is -2.16. The molecule has 3 nitrogen and oxygen atoms in total. The van der Waals surface area contributed by atoms with Crippen LogP contribution >= 0.6 is 0 Å². The van der Waals surface area contributed by atoms with Gasteiger partial charge in [0.25, 0.3) is 0 Å². The van der Waals surface area contributed by atoms with Gasteiger partial charge in [-0.25, -0.2) is 8.78 Å². The smallest absolute Gasteiger partial charge is 0.132 e. The van der Waals surface area contributed by atoms with Crippen molar-refractivity contribution in [1.82, 2.24) is 0 Å². The normalized spacial score (nSPS) is 12.1. The van der Waals surface area contributed by atoms with Gasteiger partial charge in [-0.2, -0.15) is 0 Å². The van der Waals surface area contributed by atoms with Gasteiger partial charge in [0.05, 0.1) is 25.8 Å². The molecule has 0 bridgehead atoms. The number of methoxy groups -OCH3 is 2. The molecule has 5 heteroatoms. The fourth-order valence-corrected chi connectivity index (χ4v) is 2.04. The molecule has 2 aromatic carbocycles. The van der Waals surface area contributed by atoms with Gasteiger partial charge in [0.2, 0.25) is 0 Å². The number of halogens is 2. The van der Waals surface area contributed by atoms with Gasteiger partial charge in [-0.15, -0.1) is 0 Å². The van der Waals surface area contributed by atoms with Crippen molar-refractivity contribution >= 4 is 0 Å². The quantitative estimate of drug-likeness (QED) is 0.935. The summed E-state index contributed by atoms with van der Waals surface area (Å²) in [6.07, 6.45) is 0. The molecule has 2 N–H and O–H groups in total. The summed E-state index contributed by atoms with van der Waals surface area (Å²) >= 11 is 0. The van der Waals surface area contributed by atoms with Gasteiger partial charge in [0.1, 0.15) is 23.1 Å². The molecular formula is C15H15F2NO2. The van der Waals surface area contributed by atoms with Crippen molar-refractivity contribution < 1.29 is 18.3 Å². The minimum atomic E-state index is -0.961. The Bertz CT molecular complexity index is 617. The predicted octanol–water partition coefficient (Wildman–Crippen LogP) is 3.03. The van der Waals surface area contributed by atoms with Crippen LogP contribution in [0.5, 0.6) is 11.5 Å². The highest BCUT2D eigenvalue weighted by Crippen LogP contribution is 2.32. The first kappa shape index (κ1) is 14.3. The molecule has 2 aromatic rings. The molecule has 0 spiro atoms. The average molecular weight is 279 g/mol. The third kappa shape index (κ3) is 2.58. The molecule has 0 aliphatic rings. The molecule has 0 aliphatic carbocycles. The fraction of sp³-hybridized carbons (Fsp3) is 0.200. The van der Waals surface area contributed by atoms with Crippen LogP contribution in [0.4, 0.5) is 8.78 Å². The number of rotatable bonds is 4. The molecular weight excluding hydrogens is 264 g/mol. The lowest BCUT2D eigenvalue weighted by molar-refractivity contribution is 0.400. The Kier molecular flexibility index (Phi) is 4.20. The van der Waals surface area contributed by atoms with Crippen LogP contribution in [-0.2, 0) is 0 Å². The standard InChI is InChI=1S/C15H15F2NO2/c1-19-9-6-7-10(12(17)8-9)15(18)14-11(16)4-3-5-13(14)20-2/h3-8,15H,18H2,1-2H3. The summed E-state index contributed by atoms with van der Waals surface area (Å²) in [5, 5.41) is 0. The molecule has 0 saturated heterocycles. The maximum absolute atomic E-state index is 14.0. The molecule has 0 aromatic heterocycles. The van der Waals surface area contributed by atoms with E-state index in [1.54, 1.807) is 12.1 Å². The minimum absolute atomic E-state index is 0.124. The van der Waals surface area contributed by atoms with Gasteiger partial charge >= 0.3 is 0 Å². The van der Waals surface area contributed by atoms with E-state index >= 15 is 0 Å². The molecule has 0 radical (unpaired) electrons. The zero-order chi connectivity index (χ0) is 14.7. The van der Waals surface area contributed by atoms with Gasteiger partial charge in [-0.05, 0) is 18.2 Å². The molecule has 0 heterocycles. The van der Waals surface area contributed by atoms with E-state index in [-0.39, 0.29) is 16.9 Å². The monoisotopic (exact) mass is 279 g/mol. The second-order valence-electron chi connectivity index (χ2n) is 4.22. The third-order valence-electron chi connectivity index (χ3n) is 3.09. The van der Waals surface area contributed by atoms with Crippen LogP contribution in [0.3, 0.4) is 0 Å². The Balaban J connectivity index is 2.49. The molecule has 20 heavy (non-hydrogen) atoms. The molecule has 0 aliphatic heterocycles. The Labute approximate surface area is 115 Å². The maximum Gasteiger partial charge on any atom is 0.132 e. The second kappa shape index (κ2) is 5.88. The van der Waals surface area contributed by atoms with Crippen LogP contribution < -0.4 is 15.2 Å². The molecule has 0 amide bonds. The van der Waals surface area contributed by atoms with Crippen LogP contribution in [0.25, 0.3) is 0 Å². The van der Waals surface area contributed by atoms with Gasteiger partial charge in [-0.3, -0.25) is 0 Å². The zero-order valence-electron chi connectivity index (χ0n) is 11.2. The number of nitrogens with two attached hydrogens (primary N) is 1. The van der Waals surface area contributed by atoms with E-state index in [1.165, 1.54) is 38.5 Å². The second-order valence-corrected chi connectivity index (χ2v) is 4.22. The van der Waals surface area contributed by atoms with Crippen LogP contribution in [0.1, 0.15) is 17.2 Å². The van der Waals surface area contributed by atoms with Crippen molar-refractivity contribution in [2.45, 2.75) is 6.04 Å². The van der Waals surface area contributed by atoms with E-state index in [0.29, 0.717) is 5.75 Å². The van der Waals surface area contributed by atoms with Crippen molar-refractivity contribution in [2.75, 3.05) is 14.2 Å². The number of hydrogen-bond acceptors (Lipinski definition) is 3. The summed E-state index contributed by atoms with van der Waals surface area (Å²) in [5.74, 6) is -0.430. The Hall–Kier alpha value is -2.14. The predicted molar refractivity (Wildman–Crippen MR) is 71.9 cm³/mol. The number of benzene rings is 2. The summed E-state index contributed by atoms with van der Waals surface area (Å²) in [4.78, 5) is 0. The van der Waals surface area contributed by atoms with Gasteiger partial charge in [0.15, 0.2) is 0 Å². The molecule has 0 fully saturated rings. The number of ether oxygens (including phenoxy) is 2. The summed E-state index contributed by atoms with van der Waals surface area (Å²) < 4.78 is 38.0. The summed E-state index contributed by atoms with van der Waals surface area (Å²) in [5.41, 5.74) is 6.28. The van der Waals surface area contributed by atoms with Crippen molar-refractivity contribution in [3.05, 3.63) is 59.2 Å². The summed E-state index contributed by atoms with van der Waals surface area (Å²) in [6.45, 7) is 0. The highest BCUT2D eigenvalue weighted by atomic mass is 19.1. The highest BCUT2D eigenvalue weighted by Gasteiger charge is 2.21. The van der Waals surface area contributed by atoms with Crippen molar-refractivity contribution in [3.63, 3.8) is 0 Å². The average Bonchev–Trinajstić information content (AvgIpc) is 2.46. The fourth-order valence-electron chi connectivity index (χ4n) is 2.04. The Morgan fingerprint density at radius 3 is 2.35 bits per heavy atom. The third-order valence-corrected chi connectivity index (χ3v) is 3.09. The molecule has 1 atom stereocenters. The maximum atomic E-state index is 14.0. The molecule has 0 saturated carbocycles. The lowest BCUT2D eigenvalue weighted by Gasteiger charge is -2.17. The first-order valence-electron chi connectivity index (χ1n) is 6.00. The van der Waals surface area contributed by atoms with Gasteiger partial charge in [-0.1, -0.05) is 12.1 Å². The lowest BCUT2D eigenvalue weighted by atomic mass is 9.97. The van der Waals surface area contributed by atoms with Gasteiger partial charge < -0.3 is 15.2 Å². The summed E-state index contributed by atoms with van der Waals surface area (Å²) in [7, 11) is 2.85. The highest BCUT2D eigenvalue weighted by molar-refractivity contribution is 5.43.